The van der Waals surface area contributed by atoms with Crippen LogP contribution in [0.5, 0.6) is 5.75 Å². The molecule has 6 heteroatoms. The van der Waals surface area contributed by atoms with Crippen molar-refractivity contribution in [3.8, 4) is 5.75 Å². The van der Waals surface area contributed by atoms with Crippen LogP contribution >= 0.6 is 24.0 Å². The van der Waals surface area contributed by atoms with E-state index in [1.165, 1.54) is 11.3 Å². The maximum absolute atomic E-state index is 9.98. The molecule has 0 saturated carbocycles. The molecule has 1 aromatic carbocycles. The molecule has 2 unspecified atom stereocenters. The normalized spacial score (nSPS) is 14.7. The SMILES string of the molecule is COc1ccc2nc(C(O)C(O)CCS)sc2c1. The van der Waals surface area contributed by atoms with Crippen LogP contribution in [0.4, 0.5) is 0 Å². The highest BCUT2D eigenvalue weighted by atomic mass is 32.1. The number of thiol groups is 1. The summed E-state index contributed by atoms with van der Waals surface area (Å²) in [6, 6.07) is 5.53. The van der Waals surface area contributed by atoms with Crippen LogP contribution in [0, 0.1) is 0 Å². The van der Waals surface area contributed by atoms with Crippen LogP contribution in [0.25, 0.3) is 10.2 Å². The summed E-state index contributed by atoms with van der Waals surface area (Å²) in [6.45, 7) is 0. The Morgan fingerprint density at radius 1 is 1.44 bits per heavy atom. The van der Waals surface area contributed by atoms with Crippen LogP contribution in [0.15, 0.2) is 18.2 Å². The number of nitrogens with zero attached hydrogens (tertiary/aromatic N) is 1. The molecule has 0 aliphatic heterocycles. The third-order valence-corrected chi connectivity index (χ3v) is 4.00. The van der Waals surface area contributed by atoms with Gasteiger partial charge in [0.1, 0.15) is 16.9 Å². The molecule has 2 aromatic rings. The van der Waals surface area contributed by atoms with Gasteiger partial charge in [-0.3, -0.25) is 0 Å². The molecule has 0 spiro atoms. The van der Waals surface area contributed by atoms with E-state index in [-0.39, 0.29) is 0 Å². The zero-order valence-corrected chi connectivity index (χ0v) is 11.6. The molecule has 1 aromatic heterocycles. The van der Waals surface area contributed by atoms with Gasteiger partial charge in [-0.2, -0.15) is 12.6 Å². The van der Waals surface area contributed by atoms with E-state index in [9.17, 15) is 10.2 Å². The summed E-state index contributed by atoms with van der Waals surface area (Å²) in [5.74, 6) is 1.28. The highest BCUT2D eigenvalue weighted by Crippen LogP contribution is 2.31. The van der Waals surface area contributed by atoms with Crippen molar-refractivity contribution in [1.29, 1.82) is 0 Å². The van der Waals surface area contributed by atoms with Crippen LogP contribution in [-0.4, -0.2) is 34.2 Å². The maximum atomic E-state index is 9.98. The molecular weight excluding hydrogens is 270 g/mol. The van der Waals surface area contributed by atoms with Crippen molar-refractivity contribution in [3.05, 3.63) is 23.2 Å². The Hall–Kier alpha value is -0.820. The van der Waals surface area contributed by atoms with Crippen LogP contribution in [0.2, 0.25) is 0 Å². The Morgan fingerprint density at radius 2 is 2.22 bits per heavy atom. The van der Waals surface area contributed by atoms with Crippen molar-refractivity contribution in [2.24, 2.45) is 0 Å². The van der Waals surface area contributed by atoms with E-state index in [1.807, 2.05) is 18.2 Å². The first-order valence-corrected chi connectivity index (χ1v) is 7.02. The van der Waals surface area contributed by atoms with Crippen LogP contribution < -0.4 is 4.74 Å². The summed E-state index contributed by atoms with van der Waals surface area (Å²) >= 11 is 5.40. The van der Waals surface area contributed by atoms with Gasteiger partial charge in [-0.25, -0.2) is 4.98 Å². The fourth-order valence-corrected chi connectivity index (χ4v) is 2.94. The second kappa shape index (κ2) is 5.88. The lowest BCUT2D eigenvalue weighted by Crippen LogP contribution is -2.18. The molecular formula is C12H15NO3S2. The number of methoxy groups -OCH3 is 1. The second-order valence-corrected chi connectivity index (χ2v) is 5.42. The van der Waals surface area contributed by atoms with Crippen molar-refractivity contribution >= 4 is 34.2 Å². The molecule has 2 rings (SSSR count). The van der Waals surface area contributed by atoms with Gasteiger partial charge in [-0.05, 0) is 30.4 Å². The number of benzene rings is 1. The standard InChI is InChI=1S/C12H15NO3S2/c1-16-7-2-3-8-10(6-7)18-12(13-8)11(15)9(14)4-5-17/h2-3,6,9,11,14-15,17H,4-5H2,1H3. The molecule has 2 atom stereocenters. The molecule has 4 nitrogen and oxygen atoms in total. The molecule has 1 heterocycles. The zero-order chi connectivity index (χ0) is 13.1. The first kappa shape index (κ1) is 13.6. The monoisotopic (exact) mass is 285 g/mol. The number of thiazole rings is 1. The topological polar surface area (TPSA) is 62.6 Å². The number of aliphatic hydroxyl groups is 2. The molecule has 2 N–H and O–H groups in total. The molecule has 0 bridgehead atoms. The largest absolute Gasteiger partial charge is 0.497 e. The number of fused-ring (bicyclic) bond motifs is 1. The van der Waals surface area contributed by atoms with E-state index in [0.717, 1.165) is 16.0 Å². The smallest absolute Gasteiger partial charge is 0.131 e. The van der Waals surface area contributed by atoms with Gasteiger partial charge in [-0.1, -0.05) is 0 Å². The van der Waals surface area contributed by atoms with Crippen molar-refractivity contribution in [2.75, 3.05) is 12.9 Å². The minimum atomic E-state index is -0.958. The summed E-state index contributed by atoms with van der Waals surface area (Å²) in [5, 5.41) is 20.2. The summed E-state index contributed by atoms with van der Waals surface area (Å²) < 4.78 is 6.07. The molecule has 18 heavy (non-hydrogen) atoms. The average molecular weight is 285 g/mol. The minimum absolute atomic E-state index is 0.434. The van der Waals surface area contributed by atoms with Crippen molar-refractivity contribution < 1.29 is 14.9 Å². The third kappa shape index (κ3) is 2.77. The van der Waals surface area contributed by atoms with E-state index >= 15 is 0 Å². The Bertz CT molecular complexity index is 529. The molecule has 0 fully saturated rings. The van der Waals surface area contributed by atoms with Gasteiger partial charge in [0, 0.05) is 0 Å². The highest BCUT2D eigenvalue weighted by Gasteiger charge is 2.21. The summed E-state index contributed by atoms with van der Waals surface area (Å²) in [5.41, 5.74) is 0.799. The van der Waals surface area contributed by atoms with Crippen LogP contribution in [0.1, 0.15) is 17.5 Å². The number of hydrogen-bond acceptors (Lipinski definition) is 6. The summed E-state index contributed by atoms with van der Waals surface area (Å²) in [4.78, 5) is 4.32. The number of hydrogen-bond donors (Lipinski definition) is 3. The number of aliphatic hydroxyl groups excluding tert-OH is 2. The van der Waals surface area contributed by atoms with E-state index in [1.54, 1.807) is 7.11 Å². The Balaban J connectivity index is 2.29. The van der Waals surface area contributed by atoms with E-state index in [4.69, 9.17) is 4.74 Å². The summed E-state index contributed by atoms with van der Waals surface area (Å²) in [6.07, 6.45) is -1.35. The predicted molar refractivity (Wildman–Crippen MR) is 75.6 cm³/mol. The van der Waals surface area contributed by atoms with E-state index in [0.29, 0.717) is 17.2 Å². The molecule has 0 saturated heterocycles. The predicted octanol–water partition coefficient (Wildman–Crippen LogP) is 2.02. The van der Waals surface area contributed by atoms with E-state index < -0.39 is 12.2 Å². The minimum Gasteiger partial charge on any atom is -0.497 e. The quantitative estimate of drug-likeness (QED) is 0.736. The van der Waals surface area contributed by atoms with Crippen LogP contribution in [-0.2, 0) is 0 Å². The van der Waals surface area contributed by atoms with Gasteiger partial charge in [0.25, 0.3) is 0 Å². The number of ether oxygens (including phenoxy) is 1. The summed E-state index contributed by atoms with van der Waals surface area (Å²) in [7, 11) is 1.61. The molecule has 0 aliphatic carbocycles. The van der Waals surface area contributed by atoms with Crippen LogP contribution in [0.3, 0.4) is 0 Å². The lowest BCUT2D eigenvalue weighted by molar-refractivity contribution is 0.0172. The molecule has 98 valence electrons. The lowest BCUT2D eigenvalue weighted by atomic mass is 10.1. The van der Waals surface area contributed by atoms with Crippen molar-refractivity contribution in [1.82, 2.24) is 4.98 Å². The van der Waals surface area contributed by atoms with Crippen molar-refractivity contribution in [2.45, 2.75) is 18.6 Å². The first-order valence-electron chi connectivity index (χ1n) is 5.57. The molecule has 0 aliphatic rings. The highest BCUT2D eigenvalue weighted by molar-refractivity contribution is 7.80. The van der Waals surface area contributed by atoms with Gasteiger partial charge in [0.15, 0.2) is 0 Å². The van der Waals surface area contributed by atoms with Gasteiger partial charge in [0.2, 0.25) is 0 Å². The van der Waals surface area contributed by atoms with Gasteiger partial charge < -0.3 is 14.9 Å². The Labute approximate surface area is 115 Å². The average Bonchev–Trinajstić information content (AvgIpc) is 2.80. The Kier molecular flexibility index (Phi) is 4.45. The number of rotatable bonds is 5. The van der Waals surface area contributed by atoms with Gasteiger partial charge in [-0.15, -0.1) is 11.3 Å². The fourth-order valence-electron chi connectivity index (χ4n) is 1.63. The van der Waals surface area contributed by atoms with Crippen molar-refractivity contribution in [3.63, 3.8) is 0 Å². The second-order valence-electron chi connectivity index (χ2n) is 3.91. The van der Waals surface area contributed by atoms with Gasteiger partial charge in [0.05, 0.1) is 23.4 Å². The van der Waals surface area contributed by atoms with E-state index in [2.05, 4.69) is 17.6 Å². The fraction of sp³-hybridized carbons (Fsp3) is 0.417. The molecule has 0 amide bonds. The Morgan fingerprint density at radius 3 is 2.89 bits per heavy atom. The lowest BCUT2D eigenvalue weighted by Gasteiger charge is -2.13. The third-order valence-electron chi connectivity index (χ3n) is 2.65. The molecule has 0 radical (unpaired) electrons. The number of aromatic nitrogens is 1. The van der Waals surface area contributed by atoms with Gasteiger partial charge >= 0.3 is 0 Å². The maximum Gasteiger partial charge on any atom is 0.131 e. The zero-order valence-electron chi connectivity index (χ0n) is 9.91. The first-order chi connectivity index (χ1) is 8.65.